The highest BCUT2D eigenvalue weighted by atomic mass is 127. The molecule has 0 unspecified atom stereocenters. The van der Waals surface area contributed by atoms with Crippen LogP contribution in [0.4, 0.5) is 11.5 Å². The Balaban J connectivity index is 2.50. The van der Waals surface area contributed by atoms with Crippen molar-refractivity contribution in [3.63, 3.8) is 0 Å². The zero-order valence-electron chi connectivity index (χ0n) is 10.3. The van der Waals surface area contributed by atoms with Crippen LogP contribution in [0.1, 0.15) is 0 Å². The van der Waals surface area contributed by atoms with E-state index in [0.717, 1.165) is 8.14 Å². The summed E-state index contributed by atoms with van der Waals surface area (Å²) in [4.78, 5) is 23.4. The van der Waals surface area contributed by atoms with Crippen molar-refractivity contribution in [2.75, 3.05) is 5.32 Å². The normalized spacial score (nSPS) is 10.5. The molecule has 0 fully saturated rings. The molecule has 0 bridgehead atoms. The largest absolute Gasteiger partial charge is 0.340 e. The quantitative estimate of drug-likeness (QED) is 0.798. The monoisotopic (exact) mass is 391 g/mol. The van der Waals surface area contributed by atoms with E-state index in [2.05, 4.69) is 27.9 Å². The Morgan fingerprint density at radius 1 is 1.16 bits per heavy atom. The third-order valence-corrected chi connectivity index (χ3v) is 3.70. The Hall–Kier alpha value is -1.28. The van der Waals surface area contributed by atoms with Crippen LogP contribution in [0, 0.1) is 3.57 Å². The lowest BCUT2D eigenvalue weighted by Crippen LogP contribution is -2.37. The molecule has 2 rings (SSSR count). The number of anilines is 2. The van der Waals surface area contributed by atoms with Gasteiger partial charge in [-0.25, -0.2) is 4.79 Å². The maximum absolute atomic E-state index is 11.8. The maximum atomic E-state index is 11.8. The molecule has 0 amide bonds. The van der Waals surface area contributed by atoms with E-state index < -0.39 is 5.69 Å². The van der Waals surface area contributed by atoms with E-state index in [-0.39, 0.29) is 5.56 Å². The summed E-state index contributed by atoms with van der Waals surface area (Å²) in [5.41, 5.74) is -0.116. The zero-order valence-corrected chi connectivity index (χ0v) is 13.2. The van der Waals surface area contributed by atoms with Crippen molar-refractivity contribution in [2.45, 2.75) is 0 Å². The fourth-order valence-electron chi connectivity index (χ4n) is 1.58. The lowest BCUT2D eigenvalue weighted by atomic mass is 10.3. The topological polar surface area (TPSA) is 56.0 Å². The summed E-state index contributed by atoms with van der Waals surface area (Å²) in [6, 6.07) is 6.83. The van der Waals surface area contributed by atoms with E-state index >= 15 is 0 Å². The average molecular weight is 392 g/mol. The highest BCUT2D eigenvalue weighted by molar-refractivity contribution is 14.1. The lowest BCUT2D eigenvalue weighted by Gasteiger charge is -2.12. The molecule has 1 aromatic heterocycles. The van der Waals surface area contributed by atoms with Crippen LogP contribution >= 0.6 is 34.2 Å². The van der Waals surface area contributed by atoms with Gasteiger partial charge in [0, 0.05) is 23.7 Å². The molecular formula is C12H11ClIN3O2. The number of halogens is 2. The van der Waals surface area contributed by atoms with Crippen LogP contribution in [0.15, 0.2) is 33.9 Å². The molecule has 0 atom stereocenters. The van der Waals surface area contributed by atoms with Gasteiger partial charge in [-0.15, -0.1) is 0 Å². The van der Waals surface area contributed by atoms with Gasteiger partial charge in [0.1, 0.15) is 5.82 Å². The predicted octanol–water partition coefficient (Wildman–Crippen LogP) is 2.09. The number of nitrogens with zero attached hydrogens (tertiary/aromatic N) is 2. The SMILES string of the molecule is Cn1c(Nc2ccc(I)cc2Cl)cc(=O)n(C)c1=O. The summed E-state index contributed by atoms with van der Waals surface area (Å²) >= 11 is 8.26. The Bertz CT molecular complexity index is 752. The van der Waals surface area contributed by atoms with Crippen LogP contribution in [-0.4, -0.2) is 9.13 Å². The van der Waals surface area contributed by atoms with Gasteiger partial charge >= 0.3 is 5.69 Å². The molecule has 0 saturated heterocycles. The van der Waals surface area contributed by atoms with Crippen molar-refractivity contribution in [1.29, 1.82) is 0 Å². The third kappa shape index (κ3) is 2.84. The summed E-state index contributed by atoms with van der Waals surface area (Å²) in [5, 5.41) is 3.52. The van der Waals surface area contributed by atoms with Gasteiger partial charge in [-0.3, -0.25) is 13.9 Å². The maximum Gasteiger partial charge on any atom is 0.332 e. The molecule has 19 heavy (non-hydrogen) atoms. The summed E-state index contributed by atoms with van der Waals surface area (Å²) in [6.07, 6.45) is 0. The van der Waals surface area contributed by atoms with Crippen molar-refractivity contribution in [1.82, 2.24) is 9.13 Å². The minimum Gasteiger partial charge on any atom is -0.340 e. The second-order valence-corrected chi connectivity index (χ2v) is 5.67. The molecular weight excluding hydrogens is 381 g/mol. The van der Waals surface area contributed by atoms with Crippen molar-refractivity contribution < 1.29 is 0 Å². The van der Waals surface area contributed by atoms with Crippen LogP contribution in [0.25, 0.3) is 0 Å². The molecule has 0 aliphatic rings. The molecule has 2 aromatic rings. The molecule has 0 radical (unpaired) electrons. The lowest BCUT2D eigenvalue weighted by molar-refractivity contribution is 0.693. The summed E-state index contributed by atoms with van der Waals surface area (Å²) in [6.45, 7) is 0. The molecule has 0 aliphatic carbocycles. The van der Waals surface area contributed by atoms with Crippen LogP contribution in [-0.2, 0) is 14.1 Å². The first-order valence-electron chi connectivity index (χ1n) is 5.39. The molecule has 7 heteroatoms. The first-order chi connectivity index (χ1) is 8.90. The highest BCUT2D eigenvalue weighted by Crippen LogP contribution is 2.26. The van der Waals surface area contributed by atoms with E-state index in [0.29, 0.717) is 16.5 Å². The number of hydrogen-bond donors (Lipinski definition) is 1. The number of benzene rings is 1. The first-order valence-corrected chi connectivity index (χ1v) is 6.85. The van der Waals surface area contributed by atoms with Crippen LogP contribution in [0.5, 0.6) is 0 Å². The minimum absolute atomic E-state index is 0.368. The highest BCUT2D eigenvalue weighted by Gasteiger charge is 2.08. The van der Waals surface area contributed by atoms with Gasteiger partial charge in [-0.1, -0.05) is 11.6 Å². The van der Waals surface area contributed by atoms with Crippen molar-refractivity contribution in [2.24, 2.45) is 14.1 Å². The molecule has 5 nitrogen and oxygen atoms in total. The summed E-state index contributed by atoms with van der Waals surface area (Å²) in [7, 11) is 3.02. The van der Waals surface area contributed by atoms with Gasteiger partial charge in [0.25, 0.3) is 5.56 Å². The zero-order chi connectivity index (χ0) is 14.2. The Morgan fingerprint density at radius 3 is 2.47 bits per heavy atom. The van der Waals surface area contributed by atoms with Gasteiger partial charge in [-0.05, 0) is 40.8 Å². The first kappa shape index (κ1) is 14.1. The molecule has 1 N–H and O–H groups in total. The summed E-state index contributed by atoms with van der Waals surface area (Å²) in [5.74, 6) is 0.399. The Labute approximate surface area is 128 Å². The number of hydrogen-bond acceptors (Lipinski definition) is 3. The molecule has 0 saturated carbocycles. The molecule has 1 heterocycles. The van der Waals surface area contributed by atoms with Gasteiger partial charge in [0.15, 0.2) is 0 Å². The molecule has 100 valence electrons. The molecule has 0 spiro atoms. The molecule has 1 aromatic carbocycles. The number of nitrogens with one attached hydrogen (secondary N) is 1. The minimum atomic E-state index is -0.392. The van der Waals surface area contributed by atoms with E-state index in [1.165, 1.54) is 17.7 Å². The van der Waals surface area contributed by atoms with Gasteiger partial charge < -0.3 is 5.32 Å². The van der Waals surface area contributed by atoms with Crippen molar-refractivity contribution in [3.8, 4) is 0 Å². The van der Waals surface area contributed by atoms with E-state index in [4.69, 9.17) is 11.6 Å². The van der Waals surface area contributed by atoms with E-state index in [1.54, 1.807) is 19.2 Å². The average Bonchev–Trinajstić information content (AvgIpc) is 2.36. The van der Waals surface area contributed by atoms with Crippen LogP contribution in [0.3, 0.4) is 0 Å². The van der Waals surface area contributed by atoms with Crippen LogP contribution in [0.2, 0.25) is 5.02 Å². The number of aromatic nitrogens is 2. The van der Waals surface area contributed by atoms with Gasteiger partial charge in [0.05, 0.1) is 10.7 Å². The third-order valence-electron chi connectivity index (χ3n) is 2.72. The fraction of sp³-hybridized carbons (Fsp3) is 0.167. The Morgan fingerprint density at radius 2 is 1.84 bits per heavy atom. The van der Waals surface area contributed by atoms with Crippen molar-refractivity contribution >= 4 is 45.7 Å². The Kier molecular flexibility index (Phi) is 4.00. The standard InChI is InChI=1S/C12H11ClIN3O2/c1-16-10(6-11(18)17(2)12(16)19)15-9-4-3-7(14)5-8(9)13/h3-6,15H,1-2H3. The van der Waals surface area contributed by atoms with E-state index in [1.807, 2.05) is 6.07 Å². The number of rotatable bonds is 2. The second-order valence-electron chi connectivity index (χ2n) is 4.02. The van der Waals surface area contributed by atoms with Gasteiger partial charge in [0.2, 0.25) is 0 Å². The fourth-order valence-corrected chi connectivity index (χ4v) is 2.48. The molecule has 0 aliphatic heterocycles. The van der Waals surface area contributed by atoms with Gasteiger partial charge in [-0.2, -0.15) is 0 Å². The second kappa shape index (κ2) is 5.38. The predicted molar refractivity (Wildman–Crippen MR) is 84.4 cm³/mol. The van der Waals surface area contributed by atoms with Crippen molar-refractivity contribution in [3.05, 3.63) is 53.7 Å². The van der Waals surface area contributed by atoms with Crippen LogP contribution < -0.4 is 16.6 Å². The summed E-state index contributed by atoms with van der Waals surface area (Å²) < 4.78 is 3.40. The van der Waals surface area contributed by atoms with E-state index in [9.17, 15) is 9.59 Å². The smallest absolute Gasteiger partial charge is 0.332 e.